The van der Waals surface area contributed by atoms with Crippen LogP contribution in [0.15, 0.2) is 48.7 Å². The van der Waals surface area contributed by atoms with E-state index in [4.69, 9.17) is 4.74 Å². The highest BCUT2D eigenvalue weighted by molar-refractivity contribution is 5.91. The van der Waals surface area contributed by atoms with E-state index in [-0.39, 0.29) is 5.75 Å². The fourth-order valence-electron chi connectivity index (χ4n) is 2.72. The molecule has 0 aliphatic carbocycles. The molecular formula is C21H23N3O3. The molecule has 0 saturated heterocycles. The zero-order valence-corrected chi connectivity index (χ0v) is 15.5. The summed E-state index contributed by atoms with van der Waals surface area (Å²) in [5.41, 5.74) is 2.30. The van der Waals surface area contributed by atoms with Crippen LogP contribution in [0.5, 0.6) is 5.75 Å². The second kappa shape index (κ2) is 8.49. The molecule has 27 heavy (non-hydrogen) atoms. The van der Waals surface area contributed by atoms with Crippen molar-refractivity contribution in [2.24, 2.45) is 5.92 Å². The smallest absolute Gasteiger partial charge is 0.338 e. The molecular weight excluding hydrogens is 342 g/mol. The highest BCUT2D eigenvalue weighted by Gasteiger charge is 2.13. The first kappa shape index (κ1) is 18.6. The van der Waals surface area contributed by atoms with Gasteiger partial charge in [0.05, 0.1) is 35.1 Å². The number of hydrogen-bond acceptors (Lipinski definition) is 6. The zero-order chi connectivity index (χ0) is 19.2. The van der Waals surface area contributed by atoms with Gasteiger partial charge in [-0.2, -0.15) is 0 Å². The van der Waals surface area contributed by atoms with Crippen LogP contribution in [0, 0.1) is 5.92 Å². The van der Waals surface area contributed by atoms with Crippen LogP contribution in [0.2, 0.25) is 0 Å². The van der Waals surface area contributed by atoms with Gasteiger partial charge in [-0.05, 0) is 36.2 Å². The number of carbonyl (C=O) groups excluding carboxylic acids is 1. The molecule has 0 atom stereocenters. The molecule has 0 radical (unpaired) electrons. The molecule has 0 fully saturated rings. The minimum absolute atomic E-state index is 0.0538. The van der Waals surface area contributed by atoms with Crippen LogP contribution in [-0.2, 0) is 4.74 Å². The number of carbonyl (C=O) groups is 1. The Morgan fingerprint density at radius 3 is 2.59 bits per heavy atom. The Kier molecular flexibility index (Phi) is 5.86. The van der Waals surface area contributed by atoms with E-state index >= 15 is 0 Å². The first-order chi connectivity index (χ1) is 13.1. The van der Waals surface area contributed by atoms with Gasteiger partial charge in [-0.1, -0.05) is 38.8 Å². The minimum atomic E-state index is -0.436. The monoisotopic (exact) mass is 365 g/mol. The van der Waals surface area contributed by atoms with Gasteiger partial charge >= 0.3 is 5.97 Å². The summed E-state index contributed by atoms with van der Waals surface area (Å²) in [5, 5.41) is 13.3. The predicted octanol–water partition coefficient (Wildman–Crippen LogP) is 4.67. The number of aromatic nitrogens is 2. The number of phenolic OH excluding ortho intramolecular Hbond substituents is 1. The molecule has 3 aromatic rings. The van der Waals surface area contributed by atoms with Crippen molar-refractivity contribution in [2.45, 2.75) is 26.7 Å². The fraction of sp³-hybridized carbons (Fsp3) is 0.286. The number of nitrogens with zero attached hydrogens (tertiary/aromatic N) is 2. The van der Waals surface area contributed by atoms with E-state index in [2.05, 4.69) is 29.1 Å². The van der Waals surface area contributed by atoms with Crippen LogP contribution in [0.1, 0.15) is 37.0 Å². The Morgan fingerprint density at radius 2 is 1.89 bits per heavy atom. The summed E-state index contributed by atoms with van der Waals surface area (Å²) in [6.07, 6.45) is 3.52. The van der Waals surface area contributed by atoms with Gasteiger partial charge in [0.2, 0.25) is 0 Å². The topological polar surface area (TPSA) is 84.3 Å². The number of nitrogens with one attached hydrogen (secondary N) is 1. The van der Waals surface area contributed by atoms with Gasteiger partial charge in [0.15, 0.2) is 0 Å². The summed E-state index contributed by atoms with van der Waals surface area (Å²) in [4.78, 5) is 21.0. The van der Waals surface area contributed by atoms with Crippen molar-refractivity contribution < 1.29 is 14.6 Å². The number of aromatic hydroxyl groups is 1. The molecule has 140 valence electrons. The molecule has 1 aromatic heterocycles. The third-order valence-electron chi connectivity index (χ3n) is 4.55. The summed E-state index contributed by atoms with van der Waals surface area (Å²) < 4.78 is 5.34. The summed E-state index contributed by atoms with van der Waals surface area (Å²) in [6.45, 7) is 4.53. The van der Waals surface area contributed by atoms with Crippen LogP contribution in [0.25, 0.3) is 11.0 Å². The zero-order valence-electron chi connectivity index (χ0n) is 15.5. The van der Waals surface area contributed by atoms with Gasteiger partial charge in [0, 0.05) is 0 Å². The van der Waals surface area contributed by atoms with Crippen molar-refractivity contribution in [3.8, 4) is 5.75 Å². The molecule has 6 heteroatoms. The largest absolute Gasteiger partial charge is 0.506 e. The number of esters is 1. The van der Waals surface area contributed by atoms with E-state index in [0.29, 0.717) is 29.6 Å². The lowest BCUT2D eigenvalue weighted by Crippen LogP contribution is -2.13. The second-order valence-corrected chi connectivity index (χ2v) is 6.38. The molecule has 1 heterocycles. The average Bonchev–Trinajstić information content (AvgIpc) is 2.70. The second-order valence-electron chi connectivity index (χ2n) is 6.38. The summed E-state index contributed by atoms with van der Waals surface area (Å²) >= 11 is 0. The lowest BCUT2D eigenvalue weighted by molar-refractivity contribution is 0.0433. The maximum absolute atomic E-state index is 12.2. The standard InChI is InChI=1S/C21H23N3O3/c1-3-14(4-2)13-27-21(26)15-9-10-18(19(25)11-15)24-20-12-22-16-7-5-6-8-17(16)23-20/h5-12,14,25H,3-4,13H2,1-2H3,(H,23,24). The molecule has 6 nitrogen and oxygen atoms in total. The summed E-state index contributed by atoms with van der Waals surface area (Å²) in [6, 6.07) is 12.2. The fourth-order valence-corrected chi connectivity index (χ4v) is 2.72. The lowest BCUT2D eigenvalue weighted by atomic mass is 10.1. The molecule has 3 rings (SSSR count). The quantitative estimate of drug-likeness (QED) is 0.467. The first-order valence-electron chi connectivity index (χ1n) is 9.09. The molecule has 0 aliphatic rings. The Hall–Kier alpha value is -3.15. The van der Waals surface area contributed by atoms with Crippen molar-refractivity contribution in [1.29, 1.82) is 0 Å². The van der Waals surface area contributed by atoms with Gasteiger partial charge in [-0.25, -0.2) is 9.78 Å². The number of ether oxygens (including phenoxy) is 1. The van der Waals surface area contributed by atoms with E-state index in [1.807, 2.05) is 24.3 Å². The predicted molar refractivity (Wildman–Crippen MR) is 105 cm³/mol. The lowest BCUT2D eigenvalue weighted by Gasteiger charge is -2.13. The normalized spacial score (nSPS) is 10.9. The molecule has 0 spiro atoms. The van der Waals surface area contributed by atoms with Gasteiger partial charge < -0.3 is 15.2 Å². The van der Waals surface area contributed by atoms with Crippen molar-refractivity contribution >= 4 is 28.5 Å². The molecule has 0 amide bonds. The third kappa shape index (κ3) is 4.53. The molecule has 0 bridgehead atoms. The van der Waals surface area contributed by atoms with E-state index in [1.165, 1.54) is 6.07 Å². The maximum atomic E-state index is 12.2. The van der Waals surface area contributed by atoms with Crippen molar-refractivity contribution in [1.82, 2.24) is 9.97 Å². The third-order valence-corrected chi connectivity index (χ3v) is 4.55. The highest BCUT2D eigenvalue weighted by Crippen LogP contribution is 2.27. The first-order valence-corrected chi connectivity index (χ1v) is 9.09. The number of anilines is 2. The molecule has 0 aliphatic heterocycles. The van der Waals surface area contributed by atoms with Gasteiger partial charge in [-0.3, -0.25) is 4.98 Å². The van der Waals surface area contributed by atoms with Crippen LogP contribution < -0.4 is 5.32 Å². The highest BCUT2D eigenvalue weighted by atomic mass is 16.5. The van der Waals surface area contributed by atoms with E-state index in [1.54, 1.807) is 18.3 Å². The number of para-hydroxylation sites is 2. The maximum Gasteiger partial charge on any atom is 0.338 e. The molecule has 2 N–H and O–H groups in total. The van der Waals surface area contributed by atoms with Crippen molar-refractivity contribution in [3.05, 3.63) is 54.2 Å². The Labute approximate surface area is 158 Å². The molecule has 0 unspecified atom stereocenters. The van der Waals surface area contributed by atoms with Crippen LogP contribution in [0.4, 0.5) is 11.5 Å². The van der Waals surface area contributed by atoms with Gasteiger partial charge in [-0.15, -0.1) is 0 Å². The molecule has 2 aromatic carbocycles. The molecule has 0 saturated carbocycles. The number of hydrogen-bond donors (Lipinski definition) is 2. The number of benzene rings is 2. The minimum Gasteiger partial charge on any atom is -0.506 e. The number of fused-ring (bicyclic) bond motifs is 1. The van der Waals surface area contributed by atoms with Crippen molar-refractivity contribution in [3.63, 3.8) is 0 Å². The van der Waals surface area contributed by atoms with Crippen LogP contribution in [0.3, 0.4) is 0 Å². The van der Waals surface area contributed by atoms with Gasteiger partial charge in [0.25, 0.3) is 0 Å². The number of phenols is 1. The van der Waals surface area contributed by atoms with E-state index < -0.39 is 5.97 Å². The SMILES string of the molecule is CCC(CC)COC(=O)c1ccc(Nc2cnc3ccccc3n2)c(O)c1. The average molecular weight is 365 g/mol. The van der Waals surface area contributed by atoms with Crippen LogP contribution >= 0.6 is 0 Å². The summed E-state index contributed by atoms with van der Waals surface area (Å²) in [7, 11) is 0. The van der Waals surface area contributed by atoms with Gasteiger partial charge in [0.1, 0.15) is 11.6 Å². The summed E-state index contributed by atoms with van der Waals surface area (Å²) in [5.74, 6) is 0.374. The van der Waals surface area contributed by atoms with E-state index in [0.717, 1.165) is 23.9 Å². The van der Waals surface area contributed by atoms with Crippen molar-refractivity contribution in [2.75, 3.05) is 11.9 Å². The number of rotatable bonds is 7. The Morgan fingerprint density at radius 1 is 1.15 bits per heavy atom. The van der Waals surface area contributed by atoms with E-state index in [9.17, 15) is 9.90 Å². The van der Waals surface area contributed by atoms with Crippen LogP contribution in [-0.4, -0.2) is 27.7 Å². The Bertz CT molecular complexity index is 939. The Balaban J connectivity index is 1.71.